The maximum Gasteiger partial charge on any atom is 0.187 e. The number of Topliss-reactive ketones (excluding diaryl/α,β-unsaturated/α-hetero) is 1. The molecular formula is C16H13N3OS. The van der Waals surface area contributed by atoms with E-state index in [0.717, 1.165) is 16.3 Å². The molecule has 0 atom stereocenters. The molecule has 0 saturated heterocycles. The minimum atomic E-state index is -0.0519. The summed E-state index contributed by atoms with van der Waals surface area (Å²) in [6, 6.07) is 13.2. The molecule has 0 bridgehead atoms. The van der Waals surface area contributed by atoms with Gasteiger partial charge in [0, 0.05) is 10.9 Å². The Kier molecular flexibility index (Phi) is 3.75. The number of nitrogen functional groups attached to an aromatic ring is 1. The van der Waals surface area contributed by atoms with Crippen LogP contribution in [-0.2, 0) is 6.42 Å². The van der Waals surface area contributed by atoms with Gasteiger partial charge in [-0.05, 0) is 12.1 Å². The average molecular weight is 295 g/mol. The summed E-state index contributed by atoms with van der Waals surface area (Å²) in [6.07, 6.45) is 1.75. The lowest BCUT2D eigenvalue weighted by Gasteiger charge is -1.98. The summed E-state index contributed by atoms with van der Waals surface area (Å²) >= 11 is 1.49. The van der Waals surface area contributed by atoms with Crippen molar-refractivity contribution in [3.8, 4) is 11.3 Å². The van der Waals surface area contributed by atoms with Crippen molar-refractivity contribution < 1.29 is 4.79 Å². The largest absolute Gasteiger partial charge is 0.397 e. The van der Waals surface area contributed by atoms with Crippen LogP contribution in [0.15, 0.2) is 54.0 Å². The van der Waals surface area contributed by atoms with E-state index in [1.54, 1.807) is 12.1 Å². The molecule has 1 aromatic carbocycles. The van der Waals surface area contributed by atoms with Crippen LogP contribution in [0.3, 0.4) is 0 Å². The summed E-state index contributed by atoms with van der Waals surface area (Å²) in [5, 5.41) is 2.76. The van der Waals surface area contributed by atoms with Gasteiger partial charge in [0.1, 0.15) is 10.7 Å². The van der Waals surface area contributed by atoms with Crippen LogP contribution in [0.5, 0.6) is 0 Å². The lowest BCUT2D eigenvalue weighted by atomic mass is 10.2. The molecule has 3 rings (SSSR count). The van der Waals surface area contributed by atoms with Crippen LogP contribution in [-0.4, -0.2) is 15.8 Å². The molecule has 0 saturated carbocycles. The Morgan fingerprint density at radius 1 is 1.14 bits per heavy atom. The Morgan fingerprint density at radius 3 is 2.67 bits per heavy atom. The number of hydrogen-bond acceptors (Lipinski definition) is 5. The number of anilines is 1. The highest BCUT2D eigenvalue weighted by Crippen LogP contribution is 2.22. The fourth-order valence-corrected chi connectivity index (χ4v) is 2.73. The Morgan fingerprint density at radius 2 is 1.95 bits per heavy atom. The van der Waals surface area contributed by atoms with Crippen LogP contribution in [0.25, 0.3) is 11.3 Å². The molecule has 104 valence electrons. The molecule has 2 N–H and O–H groups in total. The van der Waals surface area contributed by atoms with Gasteiger partial charge in [0.15, 0.2) is 5.78 Å². The first-order valence-electron chi connectivity index (χ1n) is 6.47. The summed E-state index contributed by atoms with van der Waals surface area (Å²) in [4.78, 5) is 20.7. The van der Waals surface area contributed by atoms with E-state index >= 15 is 0 Å². The van der Waals surface area contributed by atoms with E-state index in [9.17, 15) is 4.79 Å². The third kappa shape index (κ3) is 3.14. The van der Waals surface area contributed by atoms with E-state index in [-0.39, 0.29) is 12.2 Å². The number of pyridine rings is 1. The van der Waals surface area contributed by atoms with Crippen LogP contribution in [0.4, 0.5) is 5.69 Å². The highest BCUT2D eigenvalue weighted by atomic mass is 32.1. The van der Waals surface area contributed by atoms with Crippen molar-refractivity contribution in [2.45, 2.75) is 6.42 Å². The lowest BCUT2D eigenvalue weighted by Crippen LogP contribution is -2.06. The molecule has 0 radical (unpaired) electrons. The van der Waals surface area contributed by atoms with Gasteiger partial charge in [-0.2, -0.15) is 0 Å². The molecule has 0 aliphatic rings. The molecule has 0 spiro atoms. The molecule has 5 heteroatoms. The second-order valence-corrected chi connectivity index (χ2v) is 5.51. The van der Waals surface area contributed by atoms with Crippen LogP contribution in [0.2, 0.25) is 0 Å². The van der Waals surface area contributed by atoms with Crippen LogP contribution >= 0.6 is 11.3 Å². The number of hydrogen-bond donors (Lipinski definition) is 1. The number of nitrogens with zero attached hydrogens (tertiary/aromatic N) is 2. The van der Waals surface area contributed by atoms with Gasteiger partial charge in [-0.1, -0.05) is 30.3 Å². The highest BCUT2D eigenvalue weighted by molar-refractivity contribution is 7.10. The number of ketones is 1. The fraction of sp³-hybridized carbons (Fsp3) is 0.0625. The van der Waals surface area contributed by atoms with E-state index in [4.69, 9.17) is 5.73 Å². The zero-order valence-corrected chi connectivity index (χ0v) is 12.0. The lowest BCUT2D eigenvalue weighted by molar-refractivity contribution is 0.0988. The minimum Gasteiger partial charge on any atom is -0.397 e. The van der Waals surface area contributed by atoms with Crippen LogP contribution < -0.4 is 5.73 Å². The first-order chi connectivity index (χ1) is 10.2. The normalized spacial score (nSPS) is 10.5. The molecule has 0 aliphatic carbocycles. The molecular weight excluding hydrogens is 282 g/mol. The van der Waals surface area contributed by atoms with Crippen molar-refractivity contribution in [3.63, 3.8) is 0 Å². The van der Waals surface area contributed by atoms with E-state index in [2.05, 4.69) is 9.97 Å². The van der Waals surface area contributed by atoms with Crippen molar-refractivity contribution in [3.05, 3.63) is 64.7 Å². The number of rotatable bonds is 4. The molecule has 2 aromatic heterocycles. The van der Waals surface area contributed by atoms with Crippen molar-refractivity contribution in [2.24, 2.45) is 0 Å². The van der Waals surface area contributed by atoms with Gasteiger partial charge in [-0.15, -0.1) is 11.3 Å². The standard InChI is InChI=1S/C16H13N3OS/c17-12-6-7-13(18-9-12)15(20)8-16-19-14(10-21-16)11-4-2-1-3-5-11/h1-7,9-10H,8,17H2. The van der Waals surface area contributed by atoms with Crippen LogP contribution in [0.1, 0.15) is 15.5 Å². The number of nitrogens with two attached hydrogens (primary N) is 1. The van der Waals surface area contributed by atoms with Gasteiger partial charge in [0.2, 0.25) is 0 Å². The summed E-state index contributed by atoms with van der Waals surface area (Å²) in [6.45, 7) is 0. The van der Waals surface area contributed by atoms with Crippen LogP contribution in [0, 0.1) is 0 Å². The summed E-state index contributed by atoms with van der Waals surface area (Å²) in [5.74, 6) is -0.0519. The second-order valence-electron chi connectivity index (χ2n) is 4.57. The monoisotopic (exact) mass is 295 g/mol. The fourth-order valence-electron chi connectivity index (χ4n) is 1.93. The summed E-state index contributed by atoms with van der Waals surface area (Å²) < 4.78 is 0. The van der Waals surface area contributed by atoms with Gasteiger partial charge in [0.05, 0.1) is 24.0 Å². The third-order valence-corrected chi connectivity index (χ3v) is 3.85. The first-order valence-corrected chi connectivity index (χ1v) is 7.35. The molecule has 21 heavy (non-hydrogen) atoms. The number of carbonyl (C=O) groups is 1. The predicted molar refractivity (Wildman–Crippen MR) is 84.2 cm³/mol. The number of carbonyl (C=O) groups excluding carboxylic acids is 1. The van der Waals surface area contributed by atoms with Gasteiger partial charge in [-0.3, -0.25) is 9.78 Å². The number of thiazole rings is 1. The third-order valence-electron chi connectivity index (χ3n) is 3.01. The van der Waals surface area contributed by atoms with E-state index in [1.807, 2.05) is 35.7 Å². The van der Waals surface area contributed by atoms with Crippen molar-refractivity contribution in [2.75, 3.05) is 5.73 Å². The zero-order valence-electron chi connectivity index (χ0n) is 11.2. The molecule has 0 fully saturated rings. The first kappa shape index (κ1) is 13.5. The van der Waals surface area contributed by atoms with Gasteiger partial charge in [-0.25, -0.2) is 4.98 Å². The van der Waals surface area contributed by atoms with E-state index < -0.39 is 0 Å². The average Bonchev–Trinajstić information content (AvgIpc) is 2.97. The highest BCUT2D eigenvalue weighted by Gasteiger charge is 2.12. The molecule has 0 unspecified atom stereocenters. The van der Waals surface area contributed by atoms with Crippen molar-refractivity contribution in [1.29, 1.82) is 0 Å². The van der Waals surface area contributed by atoms with Gasteiger partial charge < -0.3 is 5.73 Å². The minimum absolute atomic E-state index is 0.0519. The Balaban J connectivity index is 1.75. The molecule has 0 aliphatic heterocycles. The molecule has 2 heterocycles. The SMILES string of the molecule is Nc1ccc(C(=O)Cc2nc(-c3ccccc3)cs2)nc1. The maximum absolute atomic E-state index is 12.1. The van der Waals surface area contributed by atoms with E-state index in [0.29, 0.717) is 11.4 Å². The smallest absolute Gasteiger partial charge is 0.187 e. The number of benzene rings is 1. The van der Waals surface area contributed by atoms with Gasteiger partial charge in [0.25, 0.3) is 0 Å². The van der Waals surface area contributed by atoms with Crippen molar-refractivity contribution in [1.82, 2.24) is 9.97 Å². The zero-order chi connectivity index (χ0) is 14.7. The van der Waals surface area contributed by atoms with Crippen molar-refractivity contribution >= 4 is 22.8 Å². The van der Waals surface area contributed by atoms with Gasteiger partial charge >= 0.3 is 0 Å². The Bertz CT molecular complexity index is 751. The second kappa shape index (κ2) is 5.85. The quantitative estimate of drug-likeness (QED) is 0.750. The summed E-state index contributed by atoms with van der Waals surface area (Å²) in [7, 11) is 0. The Hall–Kier alpha value is -2.53. The summed E-state index contributed by atoms with van der Waals surface area (Å²) in [5.41, 5.74) is 8.48. The molecule has 3 aromatic rings. The predicted octanol–water partition coefficient (Wildman–Crippen LogP) is 3.21. The maximum atomic E-state index is 12.1. The molecule has 4 nitrogen and oxygen atoms in total. The number of aromatic nitrogens is 2. The molecule has 0 amide bonds. The van der Waals surface area contributed by atoms with E-state index in [1.165, 1.54) is 17.5 Å². The Labute approximate surface area is 126 Å². The topological polar surface area (TPSA) is 68.9 Å².